The zero-order chi connectivity index (χ0) is 21.3. The Morgan fingerprint density at radius 3 is 2.43 bits per heavy atom. The molecule has 0 aliphatic carbocycles. The highest BCUT2D eigenvalue weighted by Gasteiger charge is 2.27. The van der Waals surface area contributed by atoms with E-state index in [1.807, 2.05) is 41.3 Å². The maximum Gasteiger partial charge on any atom is 0.318 e. The van der Waals surface area contributed by atoms with Crippen molar-refractivity contribution in [3.05, 3.63) is 59.9 Å². The van der Waals surface area contributed by atoms with Gasteiger partial charge in [-0.25, -0.2) is 4.79 Å². The van der Waals surface area contributed by atoms with Crippen molar-refractivity contribution in [2.75, 3.05) is 26.7 Å². The molecule has 6 nitrogen and oxygen atoms in total. The zero-order valence-electron chi connectivity index (χ0n) is 18.4. The fourth-order valence-electron chi connectivity index (χ4n) is 3.60. The number of likely N-dealkylation sites (tertiary alicyclic amines) is 1. The Bertz CT molecular complexity index is 772. The molecule has 0 spiro atoms. The Balaban J connectivity index is 1.59. The molecule has 1 fully saturated rings. The number of carbonyl (C=O) groups excluding carboxylic acids is 1. The molecule has 30 heavy (non-hydrogen) atoms. The lowest BCUT2D eigenvalue weighted by molar-refractivity contribution is 0.127. The Kier molecular flexibility index (Phi) is 8.08. The fraction of sp³-hybridized carbons (Fsp3) is 0.500. The van der Waals surface area contributed by atoms with E-state index in [2.05, 4.69) is 36.1 Å². The van der Waals surface area contributed by atoms with Crippen LogP contribution in [-0.4, -0.2) is 53.6 Å². The summed E-state index contributed by atoms with van der Waals surface area (Å²) >= 11 is 0. The van der Waals surface area contributed by atoms with Gasteiger partial charge in [-0.1, -0.05) is 26.0 Å². The van der Waals surface area contributed by atoms with E-state index in [1.54, 1.807) is 12.4 Å². The summed E-state index contributed by atoms with van der Waals surface area (Å²) in [6.07, 6.45) is 5.56. The van der Waals surface area contributed by atoms with Crippen molar-refractivity contribution in [2.45, 2.75) is 45.8 Å². The van der Waals surface area contributed by atoms with E-state index >= 15 is 0 Å². The van der Waals surface area contributed by atoms with Gasteiger partial charge in [-0.2, -0.15) is 0 Å². The summed E-state index contributed by atoms with van der Waals surface area (Å²) in [5.41, 5.74) is 2.17. The monoisotopic (exact) mass is 410 g/mol. The molecule has 1 N–H and O–H groups in total. The largest absolute Gasteiger partial charge is 0.493 e. The van der Waals surface area contributed by atoms with Gasteiger partial charge in [0.05, 0.1) is 6.61 Å². The highest BCUT2D eigenvalue weighted by molar-refractivity contribution is 5.74. The summed E-state index contributed by atoms with van der Waals surface area (Å²) < 4.78 is 5.74. The van der Waals surface area contributed by atoms with Crippen LogP contribution < -0.4 is 10.1 Å². The Morgan fingerprint density at radius 1 is 1.13 bits per heavy atom. The highest BCUT2D eigenvalue weighted by Crippen LogP contribution is 2.19. The van der Waals surface area contributed by atoms with Crippen molar-refractivity contribution < 1.29 is 9.53 Å². The third-order valence-electron chi connectivity index (χ3n) is 5.44. The van der Waals surface area contributed by atoms with Crippen molar-refractivity contribution in [2.24, 2.45) is 5.92 Å². The van der Waals surface area contributed by atoms with Gasteiger partial charge in [0, 0.05) is 31.5 Å². The molecule has 2 heterocycles. The lowest BCUT2D eigenvalue weighted by atomic mass is 10.0. The first-order valence-corrected chi connectivity index (χ1v) is 10.8. The molecule has 3 rings (SSSR count). The van der Waals surface area contributed by atoms with Crippen LogP contribution in [0.5, 0.6) is 5.75 Å². The van der Waals surface area contributed by atoms with E-state index in [1.165, 1.54) is 0 Å². The van der Waals surface area contributed by atoms with Crippen LogP contribution >= 0.6 is 0 Å². The predicted octanol–water partition coefficient (Wildman–Crippen LogP) is 3.92. The molecule has 0 bridgehead atoms. The Hall–Kier alpha value is -2.60. The normalized spacial score (nSPS) is 15.2. The van der Waals surface area contributed by atoms with Gasteiger partial charge < -0.3 is 19.9 Å². The Labute approximate surface area is 180 Å². The number of urea groups is 1. The number of nitrogens with zero attached hydrogens (tertiary/aromatic N) is 3. The van der Waals surface area contributed by atoms with Crippen molar-refractivity contribution >= 4 is 6.03 Å². The molecule has 162 valence electrons. The van der Waals surface area contributed by atoms with Gasteiger partial charge in [0.25, 0.3) is 0 Å². The van der Waals surface area contributed by atoms with Crippen LogP contribution in [0, 0.1) is 5.92 Å². The van der Waals surface area contributed by atoms with Gasteiger partial charge in [-0.05, 0) is 74.3 Å². The van der Waals surface area contributed by atoms with Crippen LogP contribution in [0.15, 0.2) is 48.8 Å². The van der Waals surface area contributed by atoms with E-state index in [0.29, 0.717) is 25.6 Å². The van der Waals surface area contributed by atoms with Gasteiger partial charge in [0.2, 0.25) is 0 Å². The molecule has 1 aromatic heterocycles. The predicted molar refractivity (Wildman–Crippen MR) is 119 cm³/mol. The molecule has 1 aromatic carbocycles. The molecule has 0 unspecified atom stereocenters. The average Bonchev–Trinajstić information content (AvgIpc) is 2.76. The topological polar surface area (TPSA) is 57.7 Å². The number of hydrogen-bond donors (Lipinski definition) is 1. The minimum atomic E-state index is -0.0125. The minimum absolute atomic E-state index is 0.0125. The second-order valence-corrected chi connectivity index (χ2v) is 8.53. The molecular formula is C24H34N4O2. The smallest absolute Gasteiger partial charge is 0.318 e. The van der Waals surface area contributed by atoms with Crippen molar-refractivity contribution in [3.8, 4) is 5.75 Å². The number of benzene rings is 1. The molecule has 6 heteroatoms. The number of hydrogen-bond acceptors (Lipinski definition) is 4. The first-order valence-electron chi connectivity index (χ1n) is 10.8. The molecule has 1 aliphatic heterocycles. The van der Waals surface area contributed by atoms with Crippen LogP contribution in [0.25, 0.3) is 0 Å². The third kappa shape index (κ3) is 6.73. The van der Waals surface area contributed by atoms with Crippen molar-refractivity contribution in [1.29, 1.82) is 0 Å². The number of aromatic nitrogens is 1. The fourth-order valence-corrected chi connectivity index (χ4v) is 3.60. The van der Waals surface area contributed by atoms with E-state index in [9.17, 15) is 4.79 Å². The van der Waals surface area contributed by atoms with Crippen LogP contribution in [0.2, 0.25) is 0 Å². The molecule has 0 radical (unpaired) electrons. The van der Waals surface area contributed by atoms with Gasteiger partial charge in [0.15, 0.2) is 0 Å². The Morgan fingerprint density at radius 2 is 1.80 bits per heavy atom. The second-order valence-electron chi connectivity index (χ2n) is 8.53. The van der Waals surface area contributed by atoms with Crippen molar-refractivity contribution in [3.63, 3.8) is 0 Å². The van der Waals surface area contributed by atoms with Crippen LogP contribution in [-0.2, 0) is 13.1 Å². The number of carbonyl (C=O) groups is 1. The summed E-state index contributed by atoms with van der Waals surface area (Å²) in [5.74, 6) is 1.36. The van der Waals surface area contributed by atoms with Crippen LogP contribution in [0.4, 0.5) is 4.79 Å². The van der Waals surface area contributed by atoms with Gasteiger partial charge in [-0.3, -0.25) is 4.98 Å². The van der Waals surface area contributed by atoms with Gasteiger partial charge in [-0.15, -0.1) is 0 Å². The van der Waals surface area contributed by atoms with Gasteiger partial charge >= 0.3 is 6.03 Å². The standard InChI is InChI=1S/C24H34N4O2/c1-19(2)18-30-23-6-4-20(5-7-23)16-26-24(29)28(17-21-8-12-25-13-9-21)22-10-14-27(3)15-11-22/h4-9,12-13,19,22H,10-11,14-18H2,1-3H3,(H,26,29). The lowest BCUT2D eigenvalue weighted by Crippen LogP contribution is -2.49. The lowest BCUT2D eigenvalue weighted by Gasteiger charge is -2.37. The van der Waals surface area contributed by atoms with Crippen LogP contribution in [0.1, 0.15) is 37.8 Å². The average molecular weight is 411 g/mol. The third-order valence-corrected chi connectivity index (χ3v) is 5.44. The molecule has 2 aromatic rings. The number of nitrogens with one attached hydrogen (secondary N) is 1. The van der Waals surface area contributed by atoms with Crippen molar-refractivity contribution in [1.82, 2.24) is 20.1 Å². The molecule has 2 amide bonds. The zero-order valence-corrected chi connectivity index (χ0v) is 18.4. The second kappa shape index (κ2) is 11.0. The molecule has 1 saturated heterocycles. The van der Waals surface area contributed by atoms with E-state index in [0.717, 1.165) is 42.8 Å². The SMILES string of the molecule is CC(C)COc1ccc(CNC(=O)N(Cc2ccncc2)C2CCN(C)CC2)cc1. The first-order chi connectivity index (χ1) is 14.5. The molecule has 0 saturated carbocycles. The molecular weight excluding hydrogens is 376 g/mol. The summed E-state index contributed by atoms with van der Waals surface area (Å²) in [7, 11) is 2.14. The quantitative estimate of drug-likeness (QED) is 0.717. The summed E-state index contributed by atoms with van der Waals surface area (Å²) in [6.45, 7) is 8.10. The van der Waals surface area contributed by atoms with E-state index < -0.39 is 0 Å². The number of amides is 2. The number of pyridine rings is 1. The summed E-state index contributed by atoms with van der Waals surface area (Å²) in [4.78, 5) is 21.5. The molecule has 0 atom stereocenters. The summed E-state index contributed by atoms with van der Waals surface area (Å²) in [5, 5.41) is 3.11. The number of piperidine rings is 1. The first kappa shape index (κ1) is 22.1. The maximum absolute atomic E-state index is 13.1. The van der Waals surface area contributed by atoms with E-state index in [4.69, 9.17) is 4.74 Å². The minimum Gasteiger partial charge on any atom is -0.493 e. The van der Waals surface area contributed by atoms with Gasteiger partial charge in [0.1, 0.15) is 5.75 Å². The maximum atomic E-state index is 13.1. The highest BCUT2D eigenvalue weighted by atomic mass is 16.5. The summed E-state index contributed by atoms with van der Waals surface area (Å²) in [6, 6.07) is 12.2. The van der Waals surface area contributed by atoms with Crippen LogP contribution in [0.3, 0.4) is 0 Å². The van der Waals surface area contributed by atoms with E-state index in [-0.39, 0.29) is 12.1 Å². The number of ether oxygens (including phenoxy) is 1. The molecule has 1 aliphatic rings. The number of rotatable bonds is 8.